The zero-order valence-corrected chi connectivity index (χ0v) is 14.9. The standard InChI is InChI=1S/C5H5N3O.3W/c1-3-8(4(2)9)5(6)7;;;/h2,6H,1H3;;;. The molecule has 0 aliphatic rings. The van der Waals surface area contributed by atoms with E-state index >= 15 is 0 Å². The van der Waals surface area contributed by atoms with Crippen molar-refractivity contribution in [1.29, 1.82) is 5.41 Å². The first kappa shape index (κ1) is 12.7. The van der Waals surface area contributed by atoms with Crippen molar-refractivity contribution in [2.24, 2.45) is 3.50 Å². The van der Waals surface area contributed by atoms with Crippen LogP contribution in [0, 0.1) is 5.41 Å². The molecule has 0 unspecified atom stereocenters. The molecule has 0 aromatic rings. The average molecular weight is 675 g/mol. The molecule has 0 saturated heterocycles. The molecule has 1 amide bonds. The van der Waals surface area contributed by atoms with E-state index in [9.17, 15) is 4.79 Å². The van der Waals surface area contributed by atoms with Crippen LogP contribution < -0.4 is 0 Å². The summed E-state index contributed by atoms with van der Waals surface area (Å²) in [7, 11) is 0. The van der Waals surface area contributed by atoms with E-state index in [4.69, 9.17) is 5.41 Å². The van der Waals surface area contributed by atoms with Crippen molar-refractivity contribution in [2.75, 3.05) is 0 Å². The van der Waals surface area contributed by atoms with Crippen LogP contribution in [0.2, 0.25) is 0 Å². The summed E-state index contributed by atoms with van der Waals surface area (Å²) in [4.78, 5) is 12.6. The number of hydrogen-bond acceptors (Lipinski definition) is 2. The van der Waals surface area contributed by atoms with Crippen LogP contribution in [0.3, 0.4) is 0 Å². The van der Waals surface area contributed by atoms with E-state index in [1.807, 2.05) is 6.92 Å². The molecule has 0 heterocycles. The average Bonchev–Trinajstić information content (AvgIpc) is 2.03. The molecule has 1 N–H and O–H groups in total. The molecule has 0 radical (unpaired) electrons. The molecule has 0 rings (SSSR count). The summed E-state index contributed by atoms with van der Waals surface area (Å²) < 4.78 is 6.10. The fourth-order valence-electron chi connectivity index (χ4n) is 0.502. The Morgan fingerprint density at radius 3 is 2.42 bits per heavy atom. The quantitative estimate of drug-likeness (QED) is 0.313. The summed E-state index contributed by atoms with van der Waals surface area (Å²) >= 11 is 3.21. The number of carbonyl (C=O) groups excluding carboxylic acids is 1. The van der Waals surface area contributed by atoms with E-state index in [1.165, 1.54) is 28.7 Å². The summed E-state index contributed by atoms with van der Waals surface area (Å²) in [6.45, 7) is 1.82. The SMILES string of the molecule is C[C](=[W])N(C(=N)[N]=[W])C(=O)[CH]=[W]. The molecule has 0 aromatic carbocycles. The Morgan fingerprint density at radius 1 is 1.67 bits per heavy atom. The Bertz CT molecular complexity index is 243. The van der Waals surface area contributed by atoms with Crippen LogP contribution >= 0.6 is 0 Å². The Morgan fingerprint density at radius 2 is 2.17 bits per heavy atom. The summed E-state index contributed by atoms with van der Waals surface area (Å²) in [5.41, 5.74) is 0. The Hall–Kier alpha value is 0.745. The van der Waals surface area contributed by atoms with Gasteiger partial charge in [-0.2, -0.15) is 0 Å². The molecule has 0 aliphatic heterocycles. The zero-order valence-electron chi connectivity index (χ0n) is 6.10. The second kappa shape index (κ2) is 6.24. The van der Waals surface area contributed by atoms with Crippen molar-refractivity contribution in [3.8, 4) is 0 Å². The number of nitrogens with one attached hydrogen (secondary N) is 1. The molecule has 0 aromatic heterocycles. The second-order valence-electron chi connectivity index (χ2n) is 1.73. The topological polar surface area (TPSA) is 56.5 Å². The van der Waals surface area contributed by atoms with Crippen LogP contribution in [0.15, 0.2) is 3.50 Å². The van der Waals surface area contributed by atoms with Gasteiger partial charge in [0.2, 0.25) is 0 Å². The molecule has 0 fully saturated rings. The summed E-state index contributed by atoms with van der Waals surface area (Å²) in [5, 5.41) is 7.40. The number of rotatable bonds is 2. The predicted octanol–water partition coefficient (Wildman–Crippen LogP) is -0.474. The normalized spacial score (nSPS) is 8.42. The van der Waals surface area contributed by atoms with Crippen molar-refractivity contribution < 1.29 is 63.1 Å². The first-order chi connectivity index (χ1) is 5.54. The third-order valence-corrected chi connectivity index (χ3v) is 2.94. The van der Waals surface area contributed by atoms with E-state index in [2.05, 4.69) is 3.50 Å². The molecule has 4 nitrogen and oxygen atoms in total. The summed E-state index contributed by atoms with van der Waals surface area (Å²) in [6.07, 6.45) is 0. The van der Waals surface area contributed by atoms with Gasteiger partial charge in [0, 0.05) is 0 Å². The van der Waals surface area contributed by atoms with E-state index in [-0.39, 0.29) is 11.9 Å². The molecule has 0 saturated carbocycles. The van der Waals surface area contributed by atoms with Gasteiger partial charge < -0.3 is 0 Å². The minimum atomic E-state index is -0.146. The zero-order chi connectivity index (χ0) is 9.72. The maximum atomic E-state index is 11.2. The van der Waals surface area contributed by atoms with Gasteiger partial charge in [-0.25, -0.2) is 0 Å². The first-order valence-electron chi connectivity index (χ1n) is 2.76. The minimum absolute atomic E-state index is 0.0417. The van der Waals surface area contributed by atoms with Crippen LogP contribution in [0.1, 0.15) is 6.92 Å². The molecule has 0 spiro atoms. The third kappa shape index (κ3) is 3.64. The van der Waals surface area contributed by atoms with Gasteiger partial charge in [-0.05, 0) is 0 Å². The predicted molar refractivity (Wildman–Crippen MR) is 33.7 cm³/mol. The van der Waals surface area contributed by atoms with Crippen molar-refractivity contribution in [3.05, 3.63) is 0 Å². The molecule has 7 heteroatoms. The van der Waals surface area contributed by atoms with Crippen LogP contribution in [-0.2, 0) is 63.1 Å². The van der Waals surface area contributed by atoms with Crippen LogP contribution in [0.5, 0.6) is 0 Å². The number of carbonyl (C=O) groups is 1. The fraction of sp³-hybridized carbons (Fsp3) is 0.200. The van der Waals surface area contributed by atoms with Gasteiger partial charge in [0.05, 0.1) is 0 Å². The Balaban J connectivity index is 4.78. The van der Waals surface area contributed by atoms with Gasteiger partial charge in [-0.3, -0.25) is 0 Å². The second-order valence-corrected chi connectivity index (χ2v) is 5.35. The van der Waals surface area contributed by atoms with Gasteiger partial charge in [-0.1, -0.05) is 0 Å². The van der Waals surface area contributed by atoms with Crippen LogP contribution in [-0.4, -0.2) is 25.2 Å². The van der Waals surface area contributed by atoms with Crippen molar-refractivity contribution in [2.45, 2.75) is 6.92 Å². The molecule has 12 heavy (non-hydrogen) atoms. The molecular weight excluding hydrogens is 670 g/mol. The summed E-state index contributed by atoms with van der Waals surface area (Å²) in [6, 6.07) is 0. The molecule has 0 bridgehead atoms. The van der Waals surface area contributed by atoms with Gasteiger partial charge in [0.15, 0.2) is 0 Å². The van der Waals surface area contributed by atoms with Crippen molar-refractivity contribution in [3.63, 3.8) is 0 Å². The number of amides is 1. The van der Waals surface area contributed by atoms with E-state index in [0.29, 0.717) is 0 Å². The number of hydrogen-bond donors (Lipinski definition) is 1. The van der Waals surface area contributed by atoms with Crippen LogP contribution in [0.25, 0.3) is 0 Å². The fourth-order valence-corrected chi connectivity index (χ4v) is 1.81. The first-order valence-corrected chi connectivity index (χ1v) is 7.23. The maximum absolute atomic E-state index is 11.2. The Kier molecular flexibility index (Phi) is 6.62. The van der Waals surface area contributed by atoms with E-state index < -0.39 is 0 Å². The van der Waals surface area contributed by atoms with Crippen LogP contribution in [0.4, 0.5) is 0 Å². The Labute approximate surface area is 103 Å². The van der Waals surface area contributed by atoms with Gasteiger partial charge in [0.25, 0.3) is 0 Å². The van der Waals surface area contributed by atoms with E-state index in [1.54, 1.807) is 0 Å². The molecule has 64 valence electrons. The van der Waals surface area contributed by atoms with E-state index in [0.717, 1.165) is 43.0 Å². The monoisotopic (exact) mass is 675 g/mol. The summed E-state index contributed by atoms with van der Waals surface area (Å²) in [5.74, 6) is -0.104. The number of guanidine groups is 1. The third-order valence-electron chi connectivity index (χ3n) is 0.934. The van der Waals surface area contributed by atoms with Crippen molar-refractivity contribution in [1.82, 2.24) is 4.90 Å². The van der Waals surface area contributed by atoms with Crippen molar-refractivity contribution >= 4 is 20.3 Å². The molecule has 0 atom stereocenters. The molecule has 0 aliphatic carbocycles. The molecular formula is C5H5N3OW3. The van der Waals surface area contributed by atoms with Gasteiger partial charge >= 0.3 is 104 Å². The van der Waals surface area contributed by atoms with Gasteiger partial charge in [0.1, 0.15) is 0 Å². The number of nitrogens with zero attached hydrogens (tertiary/aromatic N) is 2. The van der Waals surface area contributed by atoms with Gasteiger partial charge in [-0.15, -0.1) is 0 Å².